The van der Waals surface area contributed by atoms with E-state index in [0.717, 1.165) is 31.5 Å². The molecule has 17 heavy (non-hydrogen) atoms. The van der Waals surface area contributed by atoms with Crippen molar-refractivity contribution in [1.82, 2.24) is 10.3 Å². The molecule has 0 aromatic rings. The molecule has 1 rings (SSSR count). The van der Waals surface area contributed by atoms with Crippen LogP contribution in [0.1, 0.15) is 46.5 Å². The molecule has 0 amide bonds. The lowest BCUT2D eigenvalue weighted by molar-refractivity contribution is 0.398. The Morgan fingerprint density at radius 1 is 1.41 bits per heavy atom. The Bertz CT molecular complexity index is 238. The Kier molecular flexibility index (Phi) is 6.34. The fraction of sp³-hybridized carbons (Fsp3) is 0.923. The number of likely N-dealkylation sites (tertiary alicyclic amines) is 1. The summed E-state index contributed by atoms with van der Waals surface area (Å²) in [6, 6.07) is 0. The topological polar surface area (TPSA) is 53.6 Å². The Balaban J connectivity index is 2.54. The molecule has 1 fully saturated rings. The van der Waals surface area contributed by atoms with Gasteiger partial charge in [0.2, 0.25) is 5.96 Å². The van der Waals surface area contributed by atoms with Crippen molar-refractivity contribution in [1.29, 1.82) is 0 Å². The van der Waals surface area contributed by atoms with Crippen molar-refractivity contribution in [3.05, 3.63) is 0 Å². The highest BCUT2D eigenvalue weighted by atomic mass is 15.4. The summed E-state index contributed by atoms with van der Waals surface area (Å²) in [6.07, 6.45) is 5.15. The van der Waals surface area contributed by atoms with Crippen LogP contribution in [0.25, 0.3) is 0 Å². The van der Waals surface area contributed by atoms with Crippen molar-refractivity contribution >= 4 is 5.96 Å². The minimum atomic E-state index is 0.578. The lowest BCUT2D eigenvalue weighted by atomic mass is 9.98. The molecule has 1 aliphatic rings. The molecule has 100 valence electrons. The SMILES string of the molecule is CCC1CCCN(C(=NCC(C)C)NN)CC1. The first kappa shape index (κ1) is 14.3. The number of rotatable bonds is 3. The van der Waals surface area contributed by atoms with Crippen molar-refractivity contribution in [3.63, 3.8) is 0 Å². The Morgan fingerprint density at radius 3 is 2.76 bits per heavy atom. The van der Waals surface area contributed by atoms with Gasteiger partial charge in [-0.25, -0.2) is 5.84 Å². The standard InChI is InChI=1S/C13H28N4/c1-4-12-6-5-8-17(9-7-12)13(16-14)15-10-11(2)3/h11-12H,4-10,14H2,1-3H3,(H,15,16). The van der Waals surface area contributed by atoms with Crippen LogP contribution >= 0.6 is 0 Å². The van der Waals surface area contributed by atoms with Gasteiger partial charge in [-0.3, -0.25) is 10.4 Å². The second-order valence-corrected chi connectivity index (χ2v) is 5.39. The highest BCUT2D eigenvalue weighted by molar-refractivity contribution is 5.79. The van der Waals surface area contributed by atoms with Gasteiger partial charge in [-0.15, -0.1) is 0 Å². The molecule has 0 aromatic heterocycles. The number of nitrogens with zero attached hydrogens (tertiary/aromatic N) is 2. The van der Waals surface area contributed by atoms with Gasteiger partial charge in [0.15, 0.2) is 0 Å². The van der Waals surface area contributed by atoms with E-state index < -0.39 is 0 Å². The monoisotopic (exact) mass is 240 g/mol. The van der Waals surface area contributed by atoms with E-state index in [9.17, 15) is 0 Å². The molecular weight excluding hydrogens is 212 g/mol. The lowest BCUT2D eigenvalue weighted by Gasteiger charge is -2.24. The van der Waals surface area contributed by atoms with Crippen LogP contribution in [0.3, 0.4) is 0 Å². The molecule has 4 heteroatoms. The summed E-state index contributed by atoms with van der Waals surface area (Å²) in [5.74, 6) is 7.91. The summed E-state index contributed by atoms with van der Waals surface area (Å²) in [7, 11) is 0. The smallest absolute Gasteiger partial charge is 0.208 e. The molecule has 1 atom stereocenters. The molecule has 0 aromatic carbocycles. The molecule has 3 N–H and O–H groups in total. The molecule has 1 unspecified atom stereocenters. The summed E-state index contributed by atoms with van der Waals surface area (Å²) in [5.41, 5.74) is 2.76. The summed E-state index contributed by atoms with van der Waals surface area (Å²) >= 11 is 0. The van der Waals surface area contributed by atoms with Crippen LogP contribution in [-0.4, -0.2) is 30.5 Å². The number of hydrogen-bond donors (Lipinski definition) is 2. The minimum absolute atomic E-state index is 0.578. The first-order valence-corrected chi connectivity index (χ1v) is 6.93. The zero-order chi connectivity index (χ0) is 12.7. The molecule has 1 aliphatic heterocycles. The van der Waals surface area contributed by atoms with Crippen LogP contribution < -0.4 is 11.3 Å². The van der Waals surface area contributed by atoms with Crippen molar-refractivity contribution < 1.29 is 0 Å². The highest BCUT2D eigenvalue weighted by Crippen LogP contribution is 2.20. The van der Waals surface area contributed by atoms with E-state index in [1.54, 1.807) is 0 Å². The summed E-state index contributed by atoms with van der Waals surface area (Å²) in [4.78, 5) is 6.87. The number of guanidine groups is 1. The van der Waals surface area contributed by atoms with Crippen LogP contribution in [0.15, 0.2) is 4.99 Å². The van der Waals surface area contributed by atoms with Crippen LogP contribution in [0, 0.1) is 11.8 Å². The van der Waals surface area contributed by atoms with Gasteiger partial charge in [0.05, 0.1) is 0 Å². The molecule has 0 bridgehead atoms. The number of aliphatic imine (C=N–C) groups is 1. The van der Waals surface area contributed by atoms with Gasteiger partial charge in [0.1, 0.15) is 0 Å². The molecule has 0 radical (unpaired) electrons. The third-order valence-corrected chi connectivity index (χ3v) is 3.46. The van der Waals surface area contributed by atoms with Gasteiger partial charge >= 0.3 is 0 Å². The summed E-state index contributed by atoms with van der Waals surface area (Å²) < 4.78 is 0. The first-order valence-electron chi connectivity index (χ1n) is 6.93. The van der Waals surface area contributed by atoms with Crippen molar-refractivity contribution in [2.24, 2.45) is 22.7 Å². The van der Waals surface area contributed by atoms with Crippen molar-refractivity contribution in [3.8, 4) is 0 Å². The Morgan fingerprint density at radius 2 is 2.18 bits per heavy atom. The highest BCUT2D eigenvalue weighted by Gasteiger charge is 2.17. The van der Waals surface area contributed by atoms with E-state index in [1.807, 2.05) is 0 Å². The van der Waals surface area contributed by atoms with Crippen molar-refractivity contribution in [2.75, 3.05) is 19.6 Å². The second-order valence-electron chi connectivity index (χ2n) is 5.39. The van der Waals surface area contributed by atoms with Crippen LogP contribution in [0.4, 0.5) is 0 Å². The molecule has 4 nitrogen and oxygen atoms in total. The summed E-state index contributed by atoms with van der Waals surface area (Å²) in [5, 5.41) is 0. The fourth-order valence-electron chi connectivity index (χ4n) is 2.29. The van der Waals surface area contributed by atoms with E-state index in [0.29, 0.717) is 5.92 Å². The number of nitrogens with two attached hydrogens (primary N) is 1. The zero-order valence-electron chi connectivity index (χ0n) is 11.6. The largest absolute Gasteiger partial charge is 0.342 e. The van der Waals surface area contributed by atoms with E-state index in [-0.39, 0.29) is 0 Å². The van der Waals surface area contributed by atoms with E-state index >= 15 is 0 Å². The fourth-order valence-corrected chi connectivity index (χ4v) is 2.29. The Hall–Kier alpha value is -0.770. The lowest BCUT2D eigenvalue weighted by Crippen LogP contribution is -2.45. The van der Waals surface area contributed by atoms with E-state index in [4.69, 9.17) is 5.84 Å². The predicted octanol–water partition coefficient (Wildman–Crippen LogP) is 1.97. The normalized spacial score (nSPS) is 22.8. The van der Waals surface area contributed by atoms with E-state index in [1.165, 1.54) is 25.7 Å². The number of hydrogen-bond acceptors (Lipinski definition) is 2. The Labute approximate surface area is 106 Å². The summed E-state index contributed by atoms with van der Waals surface area (Å²) in [6.45, 7) is 9.64. The van der Waals surface area contributed by atoms with Crippen LogP contribution in [0.5, 0.6) is 0 Å². The van der Waals surface area contributed by atoms with E-state index in [2.05, 4.69) is 36.1 Å². The average Bonchev–Trinajstić information content (AvgIpc) is 2.55. The quantitative estimate of drug-likeness (QED) is 0.343. The predicted molar refractivity (Wildman–Crippen MR) is 73.7 cm³/mol. The van der Waals surface area contributed by atoms with Gasteiger partial charge in [0.25, 0.3) is 0 Å². The second kappa shape index (κ2) is 7.54. The average molecular weight is 240 g/mol. The molecule has 1 saturated heterocycles. The maximum atomic E-state index is 5.59. The maximum Gasteiger partial charge on any atom is 0.208 e. The van der Waals surface area contributed by atoms with Crippen LogP contribution in [-0.2, 0) is 0 Å². The van der Waals surface area contributed by atoms with Gasteiger partial charge in [-0.05, 0) is 31.1 Å². The molecule has 0 spiro atoms. The zero-order valence-corrected chi connectivity index (χ0v) is 11.6. The third-order valence-electron chi connectivity index (χ3n) is 3.46. The number of nitrogens with one attached hydrogen (secondary N) is 1. The molecule has 0 aliphatic carbocycles. The third kappa shape index (κ3) is 4.94. The van der Waals surface area contributed by atoms with Crippen molar-refractivity contribution in [2.45, 2.75) is 46.5 Å². The van der Waals surface area contributed by atoms with Gasteiger partial charge in [-0.1, -0.05) is 27.2 Å². The van der Waals surface area contributed by atoms with Gasteiger partial charge < -0.3 is 4.90 Å². The van der Waals surface area contributed by atoms with Crippen LogP contribution in [0.2, 0.25) is 0 Å². The van der Waals surface area contributed by atoms with Gasteiger partial charge in [-0.2, -0.15) is 0 Å². The molecule has 1 heterocycles. The minimum Gasteiger partial charge on any atom is -0.342 e. The molecular formula is C13H28N4. The van der Waals surface area contributed by atoms with Gasteiger partial charge in [0, 0.05) is 19.6 Å². The number of hydrazine groups is 1. The maximum absolute atomic E-state index is 5.59. The molecule has 0 saturated carbocycles. The first-order chi connectivity index (χ1) is 8.17.